The third-order valence-electron chi connectivity index (χ3n) is 24.4. The average molecular weight is 2420 g/mol. The second-order valence-corrected chi connectivity index (χ2v) is 43.3. The summed E-state index contributed by atoms with van der Waals surface area (Å²) in [6.07, 6.45) is 36.2. The highest BCUT2D eigenvalue weighted by Gasteiger charge is 2.36. The molecule has 0 aliphatic carbocycles. The number of ether oxygens (including phenoxy) is 10. The van der Waals surface area contributed by atoms with E-state index in [0.717, 1.165) is 216 Å². The van der Waals surface area contributed by atoms with Crippen LogP contribution in [0.5, 0.6) is 57.5 Å². The molecule has 0 aliphatic rings. The molecule has 11 aromatic rings. The molecule has 0 amide bonds. The summed E-state index contributed by atoms with van der Waals surface area (Å²) in [5, 5.41) is 3.57. The number of unbranched alkanes of at least 4 members (excludes halogenated alkanes) is 8. The van der Waals surface area contributed by atoms with Crippen molar-refractivity contribution in [3.05, 3.63) is 446 Å². The first-order valence-electron chi connectivity index (χ1n) is 49.9. The maximum atomic E-state index is 6.64. The first-order valence-corrected chi connectivity index (χ1v) is 56.1. The summed E-state index contributed by atoms with van der Waals surface area (Å²) >= 11 is 67.3. The van der Waals surface area contributed by atoms with Crippen molar-refractivity contribution >= 4 is 157 Å². The number of halogens is 12. The van der Waals surface area contributed by atoms with Crippen LogP contribution >= 0.6 is 157 Å². The maximum Gasteiger partial charge on any atom is 0.156 e. The molecule has 0 aromatic heterocycles. The van der Waals surface area contributed by atoms with Crippen molar-refractivity contribution in [2.75, 3.05) is 66.1 Å². The van der Waals surface area contributed by atoms with Gasteiger partial charge < -0.3 is 47.4 Å². The lowest BCUT2D eigenvalue weighted by Crippen LogP contribution is -2.25. The van der Waals surface area contributed by atoms with E-state index >= 15 is 0 Å². The fourth-order valence-corrected chi connectivity index (χ4v) is 20.5. The highest BCUT2D eigenvalue weighted by Crippen LogP contribution is 2.51. The Hall–Kier alpha value is -8.94. The van der Waals surface area contributed by atoms with Gasteiger partial charge in [-0.25, -0.2) is 0 Å². The number of rotatable bonds is 59. The normalized spacial score (nSPS) is 11.0. The van der Waals surface area contributed by atoms with Gasteiger partial charge in [0, 0.05) is 21.7 Å². The van der Waals surface area contributed by atoms with Gasteiger partial charge in [-0.15, -0.1) is 65.8 Å². The molecule has 0 spiro atoms. The molecule has 10 nitrogen and oxygen atoms in total. The Bertz CT molecular complexity index is 5400. The van der Waals surface area contributed by atoms with Crippen LogP contribution in [0, 0.1) is 0 Å². The SMILES string of the molecule is C=CCCCOc1c(Br)cc(C(C)(C)c2cc(Br)c(OCCCC=C)c(Br)c2)cc1Br.C=CCCCOc1c(Cl)cc(C(C)(C)c2cc(Cl)c(OCCCC=C)c(Cl)c2)cc1Cl.C=CCCCOc1ccc(C(C)(C)c2ccc(OCCCC=C)cc2)cc1.C=CCCCOc1ccc(Cc2ccc(OCCCC=C)cc2)cc1.C=CCCOc1c(Cl)cc(C(C)(c2ccccc2)c2cc(Cl)c(OCCC=C)c(Cl)c2)cc1Cl. The number of hydrogen-bond acceptors (Lipinski definition) is 10. The summed E-state index contributed by atoms with van der Waals surface area (Å²) in [5.41, 5.74) is 10.6. The molecule has 0 saturated carbocycles. The molecule has 11 aromatic carbocycles. The van der Waals surface area contributed by atoms with E-state index in [9.17, 15) is 0 Å². The number of benzene rings is 11. The minimum Gasteiger partial charge on any atom is -0.494 e. The summed E-state index contributed by atoms with van der Waals surface area (Å²) in [6.45, 7) is 58.5. The van der Waals surface area contributed by atoms with Crippen molar-refractivity contribution in [1.29, 1.82) is 0 Å². The highest BCUT2D eigenvalue weighted by atomic mass is 79.9. The zero-order valence-electron chi connectivity index (χ0n) is 86.5. The van der Waals surface area contributed by atoms with Crippen LogP contribution in [0.2, 0.25) is 40.2 Å². The van der Waals surface area contributed by atoms with E-state index in [2.05, 4.69) is 275 Å². The monoisotopic (exact) mass is 2410 g/mol. The van der Waals surface area contributed by atoms with Gasteiger partial charge in [0.15, 0.2) is 23.0 Å². The van der Waals surface area contributed by atoms with Gasteiger partial charge in [0.2, 0.25) is 0 Å². The molecule has 0 aliphatic heterocycles. The minimum atomic E-state index is -0.666. The molecule has 11 rings (SSSR count). The summed E-state index contributed by atoms with van der Waals surface area (Å²) < 4.78 is 61.8. The number of allylic oxidation sites excluding steroid dienone is 8. The van der Waals surface area contributed by atoms with E-state index in [0.29, 0.717) is 116 Å². The molecule has 0 fully saturated rings. The van der Waals surface area contributed by atoms with E-state index in [-0.39, 0.29) is 10.8 Å². The summed E-state index contributed by atoms with van der Waals surface area (Å²) in [4.78, 5) is 0. The first-order chi connectivity index (χ1) is 71.1. The van der Waals surface area contributed by atoms with Crippen LogP contribution in [-0.4, -0.2) is 66.1 Å². The molecule has 0 radical (unpaired) electrons. The molecule has 0 heterocycles. The fourth-order valence-electron chi connectivity index (χ4n) is 15.3. The van der Waals surface area contributed by atoms with Gasteiger partial charge in [-0.1, -0.05) is 274 Å². The fraction of sp³-hybridized carbons (Fsp3) is 0.317. The van der Waals surface area contributed by atoms with Crippen LogP contribution in [0.4, 0.5) is 0 Å². The van der Waals surface area contributed by atoms with Crippen molar-refractivity contribution in [2.45, 2.75) is 192 Å². The average Bonchev–Trinajstić information content (AvgIpc) is 0.743. The summed E-state index contributed by atoms with van der Waals surface area (Å²) in [6, 6.07) is 67.1. The van der Waals surface area contributed by atoms with E-state index in [1.165, 1.54) is 33.4 Å². The van der Waals surface area contributed by atoms with Gasteiger partial charge in [0.25, 0.3) is 0 Å². The molecule has 0 saturated heterocycles. The Labute approximate surface area is 956 Å². The maximum absolute atomic E-state index is 6.64. The van der Waals surface area contributed by atoms with Crippen LogP contribution in [0.15, 0.2) is 345 Å². The first kappa shape index (κ1) is 126. The minimum absolute atomic E-state index is 0.0806. The van der Waals surface area contributed by atoms with Crippen LogP contribution in [0.1, 0.15) is 225 Å². The molecular weight excluding hydrogens is 2280 g/mol. The second kappa shape index (κ2) is 67.5. The Morgan fingerprint density at radius 2 is 0.405 bits per heavy atom. The predicted octanol–water partition coefficient (Wildman–Crippen LogP) is 41.3. The van der Waals surface area contributed by atoms with Crippen LogP contribution < -0.4 is 47.4 Å². The standard InChI is InChI=1S/C28H26Cl4O2.C25H28Br4O2.C25H28Cl4O2.C25H32O2.C23H28O2/c1-4-6-13-33-26-22(29)15-20(16-23(26)30)28(3,19-11-9-8-10-12-19)21-17-24(31)27(25(32)18-21)34-14-7-5-2;2*1-5-7-9-11-30-23-19(26)13-17(14-20(23)27)25(3,4)18-15-21(28)24(22(29)16-18)31-12-10-8-6-2;1-5-7-9-19-26-23-15-11-21(12-16-23)25(3,4)22-13-17-24(18-14-22)27-20-10-8-6-2;1-3-5-7-17-24-22-13-9-20(10-14-22)19-21-11-15-23(16-12-21)25-18-8-6-4-2/h4-5,8-12,15-18H,1-2,6-7,13-14H2,3H3;2*5-6,13-16H,1-2,7-12H2,3-4H3;5-6,11-18H,1-2,7-10,19-20H2,3-4H3;3-4,9-16H,1-2,5-8,17-19H2. The lowest BCUT2D eigenvalue weighted by Gasteiger charge is -2.33. The van der Waals surface area contributed by atoms with Crippen LogP contribution in [-0.2, 0) is 28.1 Å². The second-order valence-electron chi connectivity index (χ2n) is 36.6. The Morgan fingerprint density at radius 1 is 0.209 bits per heavy atom. The predicted molar refractivity (Wildman–Crippen MR) is 647 cm³/mol. The van der Waals surface area contributed by atoms with Gasteiger partial charge >= 0.3 is 0 Å². The van der Waals surface area contributed by atoms with Crippen LogP contribution in [0.25, 0.3) is 0 Å². The van der Waals surface area contributed by atoms with E-state index in [4.69, 9.17) is 140 Å². The molecule has 22 heteroatoms. The largest absolute Gasteiger partial charge is 0.494 e. The van der Waals surface area contributed by atoms with E-state index in [1.807, 2.05) is 152 Å². The third kappa shape index (κ3) is 40.3. The van der Waals surface area contributed by atoms with E-state index in [1.54, 1.807) is 12.2 Å². The van der Waals surface area contributed by atoms with Gasteiger partial charge in [-0.3, -0.25) is 0 Å². The van der Waals surface area contributed by atoms with Crippen molar-refractivity contribution in [3.63, 3.8) is 0 Å². The van der Waals surface area contributed by atoms with Gasteiger partial charge in [0.05, 0.1) is 124 Å². The Balaban J connectivity index is 0.000000251. The van der Waals surface area contributed by atoms with Crippen molar-refractivity contribution < 1.29 is 47.4 Å². The van der Waals surface area contributed by atoms with Crippen LogP contribution in [0.3, 0.4) is 0 Å². The smallest absolute Gasteiger partial charge is 0.156 e. The van der Waals surface area contributed by atoms with E-state index < -0.39 is 10.8 Å². The van der Waals surface area contributed by atoms with Gasteiger partial charge in [-0.2, -0.15) is 0 Å². The quantitative estimate of drug-likeness (QED) is 0.0208. The summed E-state index contributed by atoms with van der Waals surface area (Å²) in [7, 11) is 0. The highest BCUT2D eigenvalue weighted by molar-refractivity contribution is 9.11. The molecule has 148 heavy (non-hydrogen) atoms. The van der Waals surface area contributed by atoms with Gasteiger partial charge in [0.1, 0.15) is 34.5 Å². The van der Waals surface area contributed by atoms with Crippen molar-refractivity contribution in [1.82, 2.24) is 0 Å². The molecule has 790 valence electrons. The number of hydrogen-bond donors (Lipinski definition) is 0. The molecule has 0 atom stereocenters. The zero-order valence-corrected chi connectivity index (χ0v) is 98.9. The third-order valence-corrected chi connectivity index (χ3v) is 29.0. The summed E-state index contributed by atoms with van der Waals surface area (Å²) in [5.74, 6) is 7.23. The molecular formula is C126H142Br4Cl8O10. The topological polar surface area (TPSA) is 92.3 Å². The Kier molecular flexibility index (Phi) is 57.4. The molecule has 0 unspecified atom stereocenters. The lowest BCUT2D eigenvalue weighted by atomic mass is 9.71. The lowest BCUT2D eigenvalue weighted by molar-refractivity contribution is 0.308. The zero-order chi connectivity index (χ0) is 108. The van der Waals surface area contributed by atoms with Gasteiger partial charge in [-0.05, 0) is 375 Å². The molecule has 0 N–H and O–H groups in total. The molecule has 0 bridgehead atoms. The van der Waals surface area contributed by atoms with Crippen molar-refractivity contribution in [2.24, 2.45) is 0 Å². The Morgan fingerprint density at radius 3 is 0.642 bits per heavy atom. The van der Waals surface area contributed by atoms with Crippen molar-refractivity contribution in [3.8, 4) is 57.5 Å².